The van der Waals surface area contributed by atoms with Gasteiger partial charge in [-0.2, -0.15) is 4.98 Å². The van der Waals surface area contributed by atoms with Crippen LogP contribution in [0.4, 0.5) is 17.3 Å². The molecule has 0 saturated heterocycles. The van der Waals surface area contributed by atoms with Crippen LogP contribution in [0.1, 0.15) is 51.2 Å². The zero-order chi connectivity index (χ0) is 27.7. The van der Waals surface area contributed by atoms with Gasteiger partial charge in [-0.15, -0.1) is 0 Å². The number of aromatic nitrogens is 6. The largest absolute Gasteiger partial charge is 0.394 e. The summed E-state index contributed by atoms with van der Waals surface area (Å²) in [4.78, 5) is 25.8. The third-order valence-corrected chi connectivity index (χ3v) is 6.16. The number of nitrogens with one attached hydrogen (secondary N) is 3. The standard InChI is InChI=1S/C27H30N8O4/c1-15(2)35-23-17(24(37)33-35)10-11-21(31-23)30-22-12-19(29-20(14-36)16-8-6-5-7-9-16)18(13-28-22)25-32-26(34-39-25)27(3,4)38/h5-13,15,20,36,38H,14H2,1-4H3,(H,33,37)(H2,28,29,30,31)/t20-/m1/s1. The van der Waals surface area contributed by atoms with Crippen LogP contribution in [0.25, 0.3) is 22.5 Å². The lowest BCUT2D eigenvalue weighted by molar-refractivity contribution is 0.0661. The second kappa shape index (κ2) is 10.3. The smallest absolute Gasteiger partial charge is 0.273 e. The minimum Gasteiger partial charge on any atom is -0.394 e. The van der Waals surface area contributed by atoms with Crippen molar-refractivity contribution in [2.24, 2.45) is 0 Å². The SMILES string of the molecule is CC(C)n1[nH]c(=O)c2ccc(Nc3cc(N[C@H](CO)c4ccccc4)c(-c4nc(C(C)(C)O)no4)cn3)nc21. The van der Waals surface area contributed by atoms with Gasteiger partial charge in [0.15, 0.2) is 5.65 Å². The van der Waals surface area contributed by atoms with Crippen molar-refractivity contribution in [3.8, 4) is 11.5 Å². The Labute approximate surface area is 223 Å². The first-order valence-electron chi connectivity index (χ1n) is 12.5. The number of aliphatic hydroxyl groups is 2. The molecule has 4 heterocycles. The van der Waals surface area contributed by atoms with Gasteiger partial charge in [-0.1, -0.05) is 35.5 Å². The molecule has 39 heavy (non-hydrogen) atoms. The van der Waals surface area contributed by atoms with Crippen molar-refractivity contribution in [3.05, 3.63) is 76.5 Å². The maximum absolute atomic E-state index is 12.3. The number of rotatable bonds is 9. The number of pyridine rings is 2. The Balaban J connectivity index is 1.54. The van der Waals surface area contributed by atoms with Crippen LogP contribution in [-0.2, 0) is 5.60 Å². The summed E-state index contributed by atoms with van der Waals surface area (Å²) < 4.78 is 7.17. The van der Waals surface area contributed by atoms with Gasteiger partial charge >= 0.3 is 0 Å². The maximum atomic E-state index is 12.3. The summed E-state index contributed by atoms with van der Waals surface area (Å²) in [6, 6.07) is 14.3. The summed E-state index contributed by atoms with van der Waals surface area (Å²) in [5.41, 5.74) is 0.966. The van der Waals surface area contributed by atoms with Crippen LogP contribution in [0.15, 0.2) is 64.0 Å². The molecule has 5 N–H and O–H groups in total. The van der Waals surface area contributed by atoms with Crippen molar-refractivity contribution < 1.29 is 14.7 Å². The topological polar surface area (TPSA) is 167 Å². The van der Waals surface area contributed by atoms with E-state index in [1.54, 1.807) is 42.9 Å². The number of benzene rings is 1. The van der Waals surface area contributed by atoms with E-state index in [-0.39, 0.29) is 29.9 Å². The average molecular weight is 531 g/mol. The fourth-order valence-corrected chi connectivity index (χ4v) is 4.11. The summed E-state index contributed by atoms with van der Waals surface area (Å²) in [6.45, 7) is 6.87. The summed E-state index contributed by atoms with van der Waals surface area (Å²) in [6.07, 6.45) is 1.56. The molecule has 12 nitrogen and oxygen atoms in total. The molecule has 1 atom stereocenters. The van der Waals surface area contributed by atoms with Crippen molar-refractivity contribution in [2.75, 3.05) is 17.2 Å². The number of hydrogen-bond acceptors (Lipinski definition) is 10. The monoisotopic (exact) mass is 530 g/mol. The van der Waals surface area contributed by atoms with E-state index >= 15 is 0 Å². The first-order chi connectivity index (χ1) is 18.6. The number of aromatic amines is 1. The molecule has 4 aromatic heterocycles. The Hall–Kier alpha value is -4.55. The molecule has 0 aliphatic rings. The van der Waals surface area contributed by atoms with Gasteiger partial charge in [0, 0.05) is 18.3 Å². The van der Waals surface area contributed by atoms with Gasteiger partial charge in [0.1, 0.15) is 17.2 Å². The Bertz CT molecular complexity index is 1650. The molecule has 0 aliphatic carbocycles. The van der Waals surface area contributed by atoms with Crippen molar-refractivity contribution in [3.63, 3.8) is 0 Å². The number of fused-ring (bicyclic) bond motifs is 1. The van der Waals surface area contributed by atoms with Crippen LogP contribution in [0.2, 0.25) is 0 Å². The Morgan fingerprint density at radius 1 is 1.10 bits per heavy atom. The lowest BCUT2D eigenvalue weighted by Crippen LogP contribution is -2.17. The van der Waals surface area contributed by atoms with E-state index in [0.29, 0.717) is 33.9 Å². The van der Waals surface area contributed by atoms with Crippen molar-refractivity contribution in [1.29, 1.82) is 0 Å². The van der Waals surface area contributed by atoms with Gasteiger partial charge in [-0.3, -0.25) is 14.6 Å². The van der Waals surface area contributed by atoms with E-state index in [2.05, 4.69) is 35.8 Å². The quantitative estimate of drug-likeness (QED) is 0.189. The zero-order valence-corrected chi connectivity index (χ0v) is 22.0. The summed E-state index contributed by atoms with van der Waals surface area (Å²) >= 11 is 0. The lowest BCUT2D eigenvalue weighted by Gasteiger charge is -2.20. The number of hydrogen-bond donors (Lipinski definition) is 5. The molecule has 0 aliphatic heterocycles. The lowest BCUT2D eigenvalue weighted by atomic mass is 10.1. The van der Waals surface area contributed by atoms with Gasteiger partial charge in [0.05, 0.1) is 29.3 Å². The minimum absolute atomic E-state index is 0.0164. The number of H-pyrrole nitrogens is 1. The molecule has 0 unspecified atom stereocenters. The number of aliphatic hydroxyl groups excluding tert-OH is 1. The van der Waals surface area contributed by atoms with Crippen molar-refractivity contribution >= 4 is 28.4 Å². The van der Waals surface area contributed by atoms with E-state index in [1.807, 2.05) is 44.2 Å². The second-order valence-electron chi connectivity index (χ2n) is 9.98. The fraction of sp³-hybridized carbons (Fsp3) is 0.296. The summed E-state index contributed by atoms with van der Waals surface area (Å²) in [5.74, 6) is 1.24. The highest BCUT2D eigenvalue weighted by molar-refractivity contribution is 5.79. The highest BCUT2D eigenvalue weighted by Crippen LogP contribution is 2.33. The van der Waals surface area contributed by atoms with Gasteiger partial charge in [-0.25, -0.2) is 9.97 Å². The van der Waals surface area contributed by atoms with Gasteiger partial charge in [0.25, 0.3) is 11.4 Å². The molecular weight excluding hydrogens is 500 g/mol. The minimum atomic E-state index is -1.29. The highest BCUT2D eigenvalue weighted by Gasteiger charge is 2.25. The van der Waals surface area contributed by atoms with E-state index in [4.69, 9.17) is 4.52 Å². The van der Waals surface area contributed by atoms with E-state index in [9.17, 15) is 15.0 Å². The van der Waals surface area contributed by atoms with Crippen LogP contribution in [0, 0.1) is 0 Å². The molecular formula is C27H30N8O4. The van der Waals surface area contributed by atoms with E-state index in [0.717, 1.165) is 5.56 Å². The van der Waals surface area contributed by atoms with E-state index < -0.39 is 11.6 Å². The molecule has 0 spiro atoms. The molecule has 0 saturated carbocycles. The predicted octanol–water partition coefficient (Wildman–Crippen LogP) is 3.87. The van der Waals surface area contributed by atoms with Crippen LogP contribution < -0.4 is 16.2 Å². The third kappa shape index (κ3) is 5.38. The van der Waals surface area contributed by atoms with Crippen molar-refractivity contribution in [2.45, 2.75) is 45.4 Å². The summed E-state index contributed by atoms with van der Waals surface area (Å²) in [5, 5.41) is 34.2. The second-order valence-corrected chi connectivity index (χ2v) is 9.98. The fourth-order valence-electron chi connectivity index (χ4n) is 4.11. The normalized spacial score (nSPS) is 12.7. The Morgan fingerprint density at radius 2 is 1.87 bits per heavy atom. The maximum Gasteiger partial charge on any atom is 0.273 e. The van der Waals surface area contributed by atoms with Gasteiger partial charge in [0.2, 0.25) is 5.82 Å². The van der Waals surface area contributed by atoms with Crippen LogP contribution in [-0.4, -0.2) is 46.7 Å². The highest BCUT2D eigenvalue weighted by atomic mass is 16.5. The molecule has 1 aromatic carbocycles. The average Bonchev–Trinajstić information content (AvgIpc) is 3.53. The molecule has 0 fully saturated rings. The molecule has 0 amide bonds. The molecule has 5 rings (SSSR count). The van der Waals surface area contributed by atoms with Crippen LogP contribution in [0.5, 0.6) is 0 Å². The molecule has 202 valence electrons. The molecule has 5 aromatic rings. The molecule has 0 radical (unpaired) electrons. The van der Waals surface area contributed by atoms with Crippen molar-refractivity contribution in [1.82, 2.24) is 29.9 Å². The Morgan fingerprint density at radius 3 is 2.54 bits per heavy atom. The molecule has 0 bridgehead atoms. The first kappa shape index (κ1) is 26.1. The van der Waals surface area contributed by atoms with E-state index in [1.165, 1.54) is 0 Å². The number of anilines is 3. The third-order valence-electron chi connectivity index (χ3n) is 6.16. The molecule has 12 heteroatoms. The first-order valence-corrected chi connectivity index (χ1v) is 12.5. The van der Waals surface area contributed by atoms with Gasteiger partial charge < -0.3 is 25.4 Å². The number of nitrogens with zero attached hydrogens (tertiary/aromatic N) is 5. The van der Waals surface area contributed by atoms with Crippen LogP contribution in [0.3, 0.4) is 0 Å². The zero-order valence-electron chi connectivity index (χ0n) is 22.0. The predicted molar refractivity (Wildman–Crippen MR) is 147 cm³/mol. The summed E-state index contributed by atoms with van der Waals surface area (Å²) in [7, 11) is 0. The van der Waals surface area contributed by atoms with Gasteiger partial charge in [-0.05, 0) is 45.4 Å². The van der Waals surface area contributed by atoms with Crippen LogP contribution >= 0.6 is 0 Å². The Kier molecular flexibility index (Phi) is 6.89.